The van der Waals surface area contributed by atoms with Gasteiger partial charge in [-0.2, -0.15) is 0 Å². The Morgan fingerprint density at radius 2 is 2.19 bits per heavy atom. The van der Waals surface area contributed by atoms with Gasteiger partial charge in [-0.1, -0.05) is 18.2 Å². The van der Waals surface area contributed by atoms with Crippen molar-refractivity contribution >= 4 is 17.6 Å². The highest BCUT2D eigenvalue weighted by atomic mass is 16.5. The molecule has 1 aromatic rings. The van der Waals surface area contributed by atoms with E-state index in [0.717, 1.165) is 11.3 Å². The van der Waals surface area contributed by atoms with E-state index in [-0.39, 0.29) is 5.91 Å². The van der Waals surface area contributed by atoms with Gasteiger partial charge in [0.05, 0.1) is 6.61 Å². The van der Waals surface area contributed by atoms with Crippen LogP contribution in [0.1, 0.15) is 12.5 Å². The van der Waals surface area contributed by atoms with E-state index in [2.05, 4.69) is 5.32 Å². The number of carbonyl (C=O) groups excluding carboxylic acids is 1. The molecule has 21 heavy (non-hydrogen) atoms. The van der Waals surface area contributed by atoms with Gasteiger partial charge in [0, 0.05) is 25.8 Å². The van der Waals surface area contributed by atoms with Crippen LogP contribution in [0.5, 0.6) is 0 Å². The van der Waals surface area contributed by atoms with Gasteiger partial charge in [0.2, 0.25) is 5.91 Å². The summed E-state index contributed by atoms with van der Waals surface area (Å²) < 4.78 is 4.89. The molecule has 0 fully saturated rings. The van der Waals surface area contributed by atoms with E-state index in [0.29, 0.717) is 19.6 Å². The Kier molecular flexibility index (Phi) is 4.80. The van der Waals surface area contributed by atoms with Crippen molar-refractivity contribution in [3.8, 4) is 0 Å². The number of hydrogen-bond acceptors (Lipinski definition) is 4. The number of para-hydroxylation sites is 1. The van der Waals surface area contributed by atoms with Gasteiger partial charge in [0.25, 0.3) is 0 Å². The lowest BCUT2D eigenvalue weighted by molar-refractivity contribution is -0.138. The Labute approximate surface area is 123 Å². The number of carboxylic acid groups (broad SMARTS) is 1. The Balaban J connectivity index is 2.18. The first kappa shape index (κ1) is 15.3. The smallest absolute Gasteiger partial charge is 0.326 e. The monoisotopic (exact) mass is 292 g/mol. The van der Waals surface area contributed by atoms with Crippen LogP contribution in [0, 0.1) is 0 Å². The lowest BCUT2D eigenvalue weighted by atomic mass is 10.1. The molecule has 114 valence electrons. The van der Waals surface area contributed by atoms with Gasteiger partial charge in [0.15, 0.2) is 0 Å². The van der Waals surface area contributed by atoms with Crippen LogP contribution in [0.3, 0.4) is 0 Å². The molecule has 1 aliphatic rings. The third-order valence-corrected chi connectivity index (χ3v) is 3.71. The highest BCUT2D eigenvalue weighted by Crippen LogP contribution is 2.33. The Morgan fingerprint density at radius 1 is 1.48 bits per heavy atom. The Hall–Kier alpha value is -2.08. The molecular weight excluding hydrogens is 272 g/mol. The minimum atomic E-state index is -0.914. The van der Waals surface area contributed by atoms with E-state index in [1.165, 1.54) is 0 Å². The fourth-order valence-corrected chi connectivity index (χ4v) is 2.65. The predicted molar refractivity (Wildman–Crippen MR) is 78.4 cm³/mol. The van der Waals surface area contributed by atoms with Crippen LogP contribution in [0.25, 0.3) is 0 Å². The second-order valence-electron chi connectivity index (χ2n) is 5.05. The van der Waals surface area contributed by atoms with Crippen LogP contribution < -0.4 is 10.2 Å². The van der Waals surface area contributed by atoms with Crippen molar-refractivity contribution in [2.45, 2.75) is 25.4 Å². The number of amides is 1. The van der Waals surface area contributed by atoms with Gasteiger partial charge in [-0.25, -0.2) is 4.79 Å². The molecule has 6 nitrogen and oxygen atoms in total. The van der Waals surface area contributed by atoms with Crippen LogP contribution in [0.2, 0.25) is 0 Å². The fraction of sp³-hybridized carbons (Fsp3) is 0.467. The number of carboxylic acids is 1. The van der Waals surface area contributed by atoms with Gasteiger partial charge in [-0.05, 0) is 18.6 Å². The van der Waals surface area contributed by atoms with Crippen molar-refractivity contribution in [3.05, 3.63) is 29.8 Å². The van der Waals surface area contributed by atoms with E-state index in [1.807, 2.05) is 24.3 Å². The molecule has 1 aliphatic heterocycles. The zero-order valence-electron chi connectivity index (χ0n) is 12.2. The van der Waals surface area contributed by atoms with E-state index >= 15 is 0 Å². The standard InChI is InChI=1S/C15H20N2O4/c1-10(14(18)16-7-8-21-2)17-12-6-4-3-5-11(12)9-13(17)15(19)20/h3-6,10,13H,7-9H2,1-2H3,(H,16,18)(H,19,20). The summed E-state index contributed by atoms with van der Waals surface area (Å²) in [5.41, 5.74) is 1.78. The van der Waals surface area contributed by atoms with E-state index in [9.17, 15) is 14.7 Å². The normalized spacial score (nSPS) is 18.2. The quantitative estimate of drug-likeness (QED) is 0.753. The Morgan fingerprint density at radius 3 is 2.86 bits per heavy atom. The molecule has 2 unspecified atom stereocenters. The summed E-state index contributed by atoms with van der Waals surface area (Å²) in [5, 5.41) is 12.2. The summed E-state index contributed by atoms with van der Waals surface area (Å²) in [4.78, 5) is 25.3. The molecule has 0 aromatic heterocycles. The maximum Gasteiger partial charge on any atom is 0.326 e. The van der Waals surface area contributed by atoms with Gasteiger partial charge in [-0.3, -0.25) is 4.79 Å². The fourth-order valence-electron chi connectivity index (χ4n) is 2.65. The molecule has 2 rings (SSSR count). The summed E-state index contributed by atoms with van der Waals surface area (Å²) in [7, 11) is 1.56. The number of aliphatic carboxylic acids is 1. The zero-order valence-corrected chi connectivity index (χ0v) is 12.2. The number of nitrogens with zero attached hydrogens (tertiary/aromatic N) is 1. The second kappa shape index (κ2) is 6.58. The average molecular weight is 292 g/mol. The van der Waals surface area contributed by atoms with Crippen molar-refractivity contribution in [2.24, 2.45) is 0 Å². The summed E-state index contributed by atoms with van der Waals surface area (Å²) in [6.45, 7) is 2.56. The number of ether oxygens (including phenoxy) is 1. The first-order chi connectivity index (χ1) is 10.1. The zero-order chi connectivity index (χ0) is 15.4. The lowest BCUT2D eigenvalue weighted by Gasteiger charge is -2.30. The molecule has 2 N–H and O–H groups in total. The lowest BCUT2D eigenvalue weighted by Crippen LogP contribution is -2.51. The van der Waals surface area contributed by atoms with Gasteiger partial charge in [-0.15, -0.1) is 0 Å². The van der Waals surface area contributed by atoms with Crippen LogP contribution >= 0.6 is 0 Å². The number of fused-ring (bicyclic) bond motifs is 1. The van der Waals surface area contributed by atoms with Crippen molar-refractivity contribution in [3.63, 3.8) is 0 Å². The van der Waals surface area contributed by atoms with Gasteiger partial charge in [0.1, 0.15) is 12.1 Å². The van der Waals surface area contributed by atoms with E-state index in [4.69, 9.17) is 4.74 Å². The molecule has 0 bridgehead atoms. The maximum absolute atomic E-state index is 12.2. The van der Waals surface area contributed by atoms with Crippen LogP contribution in [0.4, 0.5) is 5.69 Å². The highest BCUT2D eigenvalue weighted by Gasteiger charge is 2.39. The number of carbonyl (C=O) groups is 2. The molecule has 0 saturated heterocycles. The number of hydrogen-bond donors (Lipinski definition) is 2. The number of benzene rings is 1. The summed E-state index contributed by atoms with van der Waals surface area (Å²) in [6, 6.07) is 6.24. The van der Waals surface area contributed by atoms with E-state index in [1.54, 1.807) is 18.9 Å². The van der Waals surface area contributed by atoms with Gasteiger partial charge < -0.3 is 20.1 Å². The van der Waals surface area contributed by atoms with Gasteiger partial charge >= 0.3 is 5.97 Å². The minimum absolute atomic E-state index is 0.199. The topological polar surface area (TPSA) is 78.9 Å². The molecule has 1 heterocycles. The molecule has 2 atom stereocenters. The molecule has 0 saturated carbocycles. The molecule has 6 heteroatoms. The third kappa shape index (κ3) is 3.16. The summed E-state index contributed by atoms with van der Waals surface area (Å²) in [6.07, 6.45) is 0.418. The maximum atomic E-state index is 12.2. The molecule has 1 amide bonds. The molecular formula is C15H20N2O4. The molecule has 1 aromatic carbocycles. The largest absolute Gasteiger partial charge is 0.480 e. The summed E-state index contributed by atoms with van der Waals surface area (Å²) in [5.74, 6) is -1.11. The van der Waals surface area contributed by atoms with Crippen LogP contribution in [0.15, 0.2) is 24.3 Å². The van der Waals surface area contributed by atoms with E-state index < -0.39 is 18.1 Å². The number of anilines is 1. The summed E-state index contributed by atoms with van der Waals surface area (Å²) >= 11 is 0. The van der Waals surface area contributed by atoms with Crippen LogP contribution in [-0.4, -0.2) is 49.3 Å². The Bertz CT molecular complexity index is 532. The van der Waals surface area contributed by atoms with Crippen molar-refractivity contribution in [1.82, 2.24) is 5.32 Å². The molecule has 0 spiro atoms. The minimum Gasteiger partial charge on any atom is -0.480 e. The van der Waals surface area contributed by atoms with Crippen molar-refractivity contribution in [2.75, 3.05) is 25.2 Å². The first-order valence-electron chi connectivity index (χ1n) is 6.92. The van der Waals surface area contributed by atoms with Crippen molar-refractivity contribution in [1.29, 1.82) is 0 Å². The van der Waals surface area contributed by atoms with Crippen molar-refractivity contribution < 1.29 is 19.4 Å². The van der Waals surface area contributed by atoms with Crippen LogP contribution in [-0.2, 0) is 20.7 Å². The molecule has 0 aliphatic carbocycles. The number of nitrogens with one attached hydrogen (secondary N) is 1. The second-order valence-corrected chi connectivity index (χ2v) is 5.05. The SMILES string of the molecule is COCCNC(=O)C(C)N1c2ccccc2CC1C(=O)O. The average Bonchev–Trinajstić information content (AvgIpc) is 2.86. The number of rotatable bonds is 6. The molecule has 0 radical (unpaired) electrons. The predicted octanol–water partition coefficient (Wildman–Crippen LogP) is 0.653. The first-order valence-corrected chi connectivity index (χ1v) is 6.92. The third-order valence-electron chi connectivity index (χ3n) is 3.71. The highest BCUT2D eigenvalue weighted by molar-refractivity contribution is 5.90. The number of methoxy groups -OCH3 is 1.